The molecule has 1 aromatic heterocycles. The van der Waals surface area contributed by atoms with Crippen molar-refractivity contribution in [2.24, 2.45) is 0 Å². The fourth-order valence-electron chi connectivity index (χ4n) is 2.54. The number of aliphatic hydroxyl groups excluding tert-OH is 1. The largest absolute Gasteiger partial charge is 0.477 e. The molecular weight excluding hydrogens is 298 g/mol. The highest BCUT2D eigenvalue weighted by Gasteiger charge is 2.14. The van der Waals surface area contributed by atoms with Crippen molar-refractivity contribution < 1.29 is 19.7 Å². The van der Waals surface area contributed by atoms with Crippen LogP contribution in [0.1, 0.15) is 36.2 Å². The van der Waals surface area contributed by atoms with Crippen molar-refractivity contribution >= 4 is 16.9 Å². The average molecular weight is 319 g/mol. The number of nitrogens with zero attached hydrogens (tertiary/aromatic N) is 1. The lowest BCUT2D eigenvalue weighted by Crippen LogP contribution is -2.18. The second-order valence-electron chi connectivity index (χ2n) is 5.39. The van der Waals surface area contributed by atoms with Crippen LogP contribution >= 0.6 is 0 Å². The van der Waals surface area contributed by atoms with Crippen LogP contribution in [0, 0.1) is 0 Å². The quantitative estimate of drug-likeness (QED) is 0.602. The molecule has 0 amide bonds. The lowest BCUT2D eigenvalue weighted by Gasteiger charge is -2.11. The highest BCUT2D eigenvalue weighted by atomic mass is 16.6. The van der Waals surface area contributed by atoms with Crippen LogP contribution in [0.4, 0.5) is 0 Å². The van der Waals surface area contributed by atoms with Crippen molar-refractivity contribution in [3.05, 3.63) is 45.7 Å². The smallest absolute Gasteiger partial charge is 0.341 e. The lowest BCUT2D eigenvalue weighted by molar-refractivity contribution is -0.0854. The summed E-state index contributed by atoms with van der Waals surface area (Å²) in [5, 5.41) is 18.6. The van der Waals surface area contributed by atoms with Crippen molar-refractivity contribution in [1.82, 2.24) is 4.57 Å². The Balaban J connectivity index is 2.35. The number of ether oxygens (including phenoxy) is 1. The molecule has 1 aromatic carbocycles. The summed E-state index contributed by atoms with van der Waals surface area (Å²) in [5.74, 6) is -1.21. The van der Waals surface area contributed by atoms with Gasteiger partial charge in [-0.15, -0.1) is 0 Å². The van der Waals surface area contributed by atoms with Crippen molar-refractivity contribution in [3.63, 3.8) is 0 Å². The van der Waals surface area contributed by atoms with Gasteiger partial charge in [0.25, 0.3) is 0 Å². The van der Waals surface area contributed by atoms with E-state index in [1.165, 1.54) is 6.20 Å². The van der Waals surface area contributed by atoms with E-state index in [-0.39, 0.29) is 5.56 Å². The van der Waals surface area contributed by atoms with Crippen LogP contribution < -0.4 is 5.43 Å². The maximum absolute atomic E-state index is 12.4. The number of aryl methyl sites for hydroxylation is 2. The first-order chi connectivity index (χ1) is 10.9. The van der Waals surface area contributed by atoms with Crippen LogP contribution in [-0.2, 0) is 17.7 Å². The van der Waals surface area contributed by atoms with Crippen molar-refractivity contribution in [1.29, 1.82) is 0 Å². The van der Waals surface area contributed by atoms with Gasteiger partial charge in [-0.25, -0.2) is 4.79 Å². The Labute approximate surface area is 133 Å². The zero-order valence-electron chi connectivity index (χ0n) is 13.3. The molecule has 0 radical (unpaired) electrons. The van der Waals surface area contributed by atoms with Gasteiger partial charge in [-0.2, -0.15) is 0 Å². The van der Waals surface area contributed by atoms with Gasteiger partial charge in [0, 0.05) is 18.1 Å². The van der Waals surface area contributed by atoms with E-state index in [9.17, 15) is 14.7 Å². The summed E-state index contributed by atoms with van der Waals surface area (Å²) in [6, 6.07) is 5.52. The first-order valence-electron chi connectivity index (χ1n) is 7.63. The normalized spacial score (nSPS) is 12.5. The number of hydrogen-bond donors (Lipinski definition) is 2. The second-order valence-corrected chi connectivity index (χ2v) is 5.39. The molecular formula is C17H21NO5. The minimum Gasteiger partial charge on any atom is -0.477 e. The summed E-state index contributed by atoms with van der Waals surface area (Å²) < 4.78 is 6.84. The molecule has 6 nitrogen and oxygen atoms in total. The fourth-order valence-corrected chi connectivity index (χ4v) is 2.54. The number of pyridine rings is 1. The number of aromatic nitrogens is 1. The topological polar surface area (TPSA) is 88.8 Å². The molecule has 0 saturated heterocycles. The predicted octanol–water partition coefficient (Wildman–Crippen LogP) is 2.01. The zero-order valence-corrected chi connectivity index (χ0v) is 13.3. The van der Waals surface area contributed by atoms with Crippen molar-refractivity contribution in [2.75, 3.05) is 6.61 Å². The summed E-state index contributed by atoms with van der Waals surface area (Å²) in [6.45, 7) is 4.45. The summed E-state index contributed by atoms with van der Waals surface area (Å²) in [7, 11) is 0. The highest BCUT2D eigenvalue weighted by Crippen LogP contribution is 2.16. The minimum atomic E-state index is -1.21. The molecule has 2 aromatic rings. The predicted molar refractivity (Wildman–Crippen MR) is 86.8 cm³/mol. The zero-order chi connectivity index (χ0) is 17.0. The number of carbonyl (C=O) groups is 1. The molecule has 23 heavy (non-hydrogen) atoms. The van der Waals surface area contributed by atoms with E-state index in [1.54, 1.807) is 17.6 Å². The van der Waals surface area contributed by atoms with Crippen LogP contribution in [0.3, 0.4) is 0 Å². The molecule has 0 fully saturated rings. The standard InChI is InChI=1S/C17H21NO5/c1-3-18-10-14(17(21)22)16(20)13-9-12(6-7-15(13)18)5-4-8-23-11(2)19/h6-7,9-11,19H,3-5,8H2,1-2H3,(H,21,22). The van der Waals surface area contributed by atoms with Gasteiger partial charge in [-0.1, -0.05) is 6.07 Å². The van der Waals surface area contributed by atoms with Gasteiger partial charge in [-0.05, 0) is 44.4 Å². The van der Waals surface area contributed by atoms with Crippen LogP contribution in [0.2, 0.25) is 0 Å². The molecule has 2 rings (SSSR count). The van der Waals surface area contributed by atoms with Crippen molar-refractivity contribution in [3.8, 4) is 0 Å². The molecule has 0 bridgehead atoms. The molecule has 0 aliphatic heterocycles. The Morgan fingerprint density at radius 1 is 1.39 bits per heavy atom. The van der Waals surface area contributed by atoms with E-state index in [0.717, 1.165) is 11.1 Å². The number of hydrogen-bond acceptors (Lipinski definition) is 4. The van der Waals surface area contributed by atoms with Gasteiger partial charge in [0.15, 0.2) is 6.29 Å². The SMILES string of the molecule is CCn1cc(C(=O)O)c(=O)c2cc(CCCOC(C)O)ccc21. The first-order valence-corrected chi connectivity index (χ1v) is 7.63. The highest BCUT2D eigenvalue weighted by molar-refractivity contribution is 5.92. The third kappa shape index (κ3) is 3.97. The number of fused-ring (bicyclic) bond motifs is 1. The molecule has 1 atom stereocenters. The number of carboxylic acids is 1. The van der Waals surface area contributed by atoms with Crippen LogP contribution in [0.5, 0.6) is 0 Å². The summed E-state index contributed by atoms with van der Waals surface area (Å²) in [5.41, 5.74) is 0.994. The van der Waals surface area contributed by atoms with Gasteiger partial charge in [-0.3, -0.25) is 4.79 Å². The number of rotatable bonds is 7. The van der Waals surface area contributed by atoms with Crippen LogP contribution in [0.15, 0.2) is 29.2 Å². The number of carboxylic acid groups (broad SMARTS) is 1. The Hall–Kier alpha value is -2.18. The van der Waals surface area contributed by atoms with Crippen molar-refractivity contribution in [2.45, 2.75) is 39.5 Å². The van der Waals surface area contributed by atoms with Gasteiger partial charge >= 0.3 is 5.97 Å². The average Bonchev–Trinajstić information content (AvgIpc) is 2.51. The van der Waals surface area contributed by atoms with E-state index in [1.807, 2.05) is 19.1 Å². The first kappa shape index (κ1) is 17.2. The Morgan fingerprint density at radius 3 is 2.74 bits per heavy atom. The van der Waals surface area contributed by atoms with Crippen LogP contribution in [-0.4, -0.2) is 33.6 Å². The Morgan fingerprint density at radius 2 is 2.13 bits per heavy atom. The van der Waals surface area contributed by atoms with Gasteiger partial charge in [0.1, 0.15) is 5.56 Å². The van der Waals surface area contributed by atoms with E-state index < -0.39 is 17.7 Å². The number of aromatic carboxylic acids is 1. The molecule has 0 aliphatic carbocycles. The second kappa shape index (κ2) is 7.39. The maximum atomic E-state index is 12.4. The Kier molecular flexibility index (Phi) is 5.52. The third-order valence-corrected chi connectivity index (χ3v) is 3.68. The van der Waals surface area contributed by atoms with E-state index >= 15 is 0 Å². The minimum absolute atomic E-state index is 0.214. The maximum Gasteiger partial charge on any atom is 0.341 e. The van der Waals surface area contributed by atoms with E-state index in [0.29, 0.717) is 31.4 Å². The van der Waals surface area contributed by atoms with Gasteiger partial charge < -0.3 is 19.5 Å². The lowest BCUT2D eigenvalue weighted by atomic mass is 10.0. The molecule has 1 heterocycles. The van der Waals surface area contributed by atoms with E-state index in [2.05, 4.69) is 0 Å². The molecule has 2 N–H and O–H groups in total. The van der Waals surface area contributed by atoms with Gasteiger partial charge in [0.2, 0.25) is 5.43 Å². The molecule has 6 heteroatoms. The Bertz CT molecular complexity index is 763. The van der Waals surface area contributed by atoms with Gasteiger partial charge in [0.05, 0.1) is 12.1 Å². The fraction of sp³-hybridized carbons (Fsp3) is 0.412. The molecule has 1 unspecified atom stereocenters. The summed E-state index contributed by atoms with van der Waals surface area (Å²) in [4.78, 5) is 23.6. The number of aliphatic hydroxyl groups is 1. The number of benzene rings is 1. The van der Waals surface area contributed by atoms with Crippen LogP contribution in [0.25, 0.3) is 10.9 Å². The van der Waals surface area contributed by atoms with E-state index in [4.69, 9.17) is 9.84 Å². The molecule has 0 saturated carbocycles. The molecule has 0 spiro atoms. The monoisotopic (exact) mass is 319 g/mol. The third-order valence-electron chi connectivity index (χ3n) is 3.68. The molecule has 124 valence electrons. The summed E-state index contributed by atoms with van der Waals surface area (Å²) >= 11 is 0. The summed E-state index contributed by atoms with van der Waals surface area (Å²) in [6.07, 6.45) is 1.99. The molecule has 0 aliphatic rings.